The van der Waals surface area contributed by atoms with Crippen molar-refractivity contribution in [1.82, 2.24) is 9.55 Å². The number of carbonyl (C=O) groups excluding carboxylic acids is 1. The van der Waals surface area contributed by atoms with E-state index in [-0.39, 0.29) is 5.78 Å². The number of ketones is 1. The van der Waals surface area contributed by atoms with Crippen molar-refractivity contribution in [3.05, 3.63) is 47.5 Å². The van der Waals surface area contributed by atoms with Gasteiger partial charge in [0, 0.05) is 31.4 Å². The van der Waals surface area contributed by atoms with Crippen LogP contribution in [-0.4, -0.2) is 15.3 Å². The molecule has 1 aliphatic carbocycles. The van der Waals surface area contributed by atoms with Crippen LogP contribution in [0.2, 0.25) is 0 Å². The van der Waals surface area contributed by atoms with E-state index in [1.54, 1.807) is 6.20 Å². The van der Waals surface area contributed by atoms with E-state index in [1.165, 1.54) is 0 Å². The standard InChI is InChI=1S/C14H14N2O2/c1-16-7-6-15-14(16)9-18-11-3-4-12-10(8-11)2-5-13(12)17/h3-4,6-8H,2,5,9H2,1H3. The van der Waals surface area contributed by atoms with Crippen molar-refractivity contribution < 1.29 is 9.53 Å². The van der Waals surface area contributed by atoms with E-state index < -0.39 is 0 Å². The molecule has 0 bridgehead atoms. The van der Waals surface area contributed by atoms with Crippen molar-refractivity contribution in [2.24, 2.45) is 7.05 Å². The fourth-order valence-corrected chi connectivity index (χ4v) is 2.21. The van der Waals surface area contributed by atoms with E-state index in [9.17, 15) is 4.79 Å². The number of hydrogen-bond acceptors (Lipinski definition) is 3. The summed E-state index contributed by atoms with van der Waals surface area (Å²) in [4.78, 5) is 15.7. The zero-order chi connectivity index (χ0) is 12.5. The molecule has 0 spiro atoms. The molecule has 1 aromatic carbocycles. The van der Waals surface area contributed by atoms with Crippen LogP contribution in [0.5, 0.6) is 5.75 Å². The maximum Gasteiger partial charge on any atom is 0.163 e. The molecule has 0 saturated heterocycles. The minimum Gasteiger partial charge on any atom is -0.486 e. The molecular formula is C14H14N2O2. The first-order chi connectivity index (χ1) is 8.74. The van der Waals surface area contributed by atoms with Gasteiger partial charge in [0.25, 0.3) is 0 Å². The van der Waals surface area contributed by atoms with E-state index in [0.29, 0.717) is 13.0 Å². The van der Waals surface area contributed by atoms with Crippen molar-refractivity contribution in [3.63, 3.8) is 0 Å². The lowest BCUT2D eigenvalue weighted by Gasteiger charge is -2.07. The number of nitrogens with zero attached hydrogens (tertiary/aromatic N) is 2. The van der Waals surface area contributed by atoms with Crippen LogP contribution in [0.25, 0.3) is 0 Å². The molecule has 4 heteroatoms. The number of Topliss-reactive ketones (excluding diaryl/α,β-unsaturated/α-hetero) is 1. The number of hydrogen-bond donors (Lipinski definition) is 0. The average molecular weight is 242 g/mol. The number of rotatable bonds is 3. The van der Waals surface area contributed by atoms with Gasteiger partial charge in [-0.2, -0.15) is 0 Å². The number of ether oxygens (including phenoxy) is 1. The van der Waals surface area contributed by atoms with Gasteiger partial charge in [0.1, 0.15) is 18.2 Å². The summed E-state index contributed by atoms with van der Waals surface area (Å²) >= 11 is 0. The molecule has 1 aromatic heterocycles. The average Bonchev–Trinajstić information content (AvgIpc) is 2.94. The topological polar surface area (TPSA) is 44.1 Å². The highest BCUT2D eigenvalue weighted by atomic mass is 16.5. The number of fused-ring (bicyclic) bond motifs is 1. The van der Waals surface area contributed by atoms with Gasteiger partial charge in [-0.3, -0.25) is 4.79 Å². The molecule has 0 amide bonds. The summed E-state index contributed by atoms with van der Waals surface area (Å²) in [5, 5.41) is 0. The first kappa shape index (κ1) is 11.0. The summed E-state index contributed by atoms with van der Waals surface area (Å²) in [5.41, 5.74) is 1.94. The minimum absolute atomic E-state index is 0.237. The monoisotopic (exact) mass is 242 g/mol. The highest BCUT2D eigenvalue weighted by molar-refractivity contribution is 6.00. The van der Waals surface area contributed by atoms with Gasteiger partial charge in [0.15, 0.2) is 5.78 Å². The Morgan fingerprint density at radius 2 is 2.28 bits per heavy atom. The lowest BCUT2D eigenvalue weighted by molar-refractivity contribution is 0.0994. The van der Waals surface area contributed by atoms with Gasteiger partial charge in [-0.25, -0.2) is 4.98 Å². The molecule has 4 nitrogen and oxygen atoms in total. The predicted octanol–water partition coefficient (Wildman–Crippen LogP) is 2.13. The first-order valence-electron chi connectivity index (χ1n) is 5.99. The largest absolute Gasteiger partial charge is 0.486 e. The third-order valence-electron chi connectivity index (χ3n) is 3.29. The predicted molar refractivity (Wildman–Crippen MR) is 66.6 cm³/mol. The van der Waals surface area contributed by atoms with Crippen molar-refractivity contribution >= 4 is 5.78 Å². The molecule has 2 aromatic rings. The van der Waals surface area contributed by atoms with Crippen LogP contribution in [0.4, 0.5) is 0 Å². The van der Waals surface area contributed by atoms with Crippen molar-refractivity contribution in [2.45, 2.75) is 19.4 Å². The van der Waals surface area contributed by atoms with Crippen LogP contribution in [0, 0.1) is 0 Å². The molecule has 0 saturated carbocycles. The number of carbonyl (C=O) groups is 1. The quantitative estimate of drug-likeness (QED) is 0.828. The maximum absolute atomic E-state index is 11.5. The fourth-order valence-electron chi connectivity index (χ4n) is 2.21. The number of aryl methyl sites for hydroxylation is 2. The Hall–Kier alpha value is -2.10. The molecule has 3 rings (SSSR count). The number of aromatic nitrogens is 2. The second kappa shape index (κ2) is 4.29. The van der Waals surface area contributed by atoms with Crippen LogP contribution in [0.15, 0.2) is 30.6 Å². The van der Waals surface area contributed by atoms with Crippen LogP contribution >= 0.6 is 0 Å². The summed E-state index contributed by atoms with van der Waals surface area (Å²) in [6.45, 7) is 0.441. The van der Waals surface area contributed by atoms with Crippen molar-refractivity contribution in [3.8, 4) is 5.75 Å². The highest BCUT2D eigenvalue weighted by Crippen LogP contribution is 2.26. The fraction of sp³-hybridized carbons (Fsp3) is 0.286. The Labute approximate surface area is 105 Å². The second-order valence-corrected chi connectivity index (χ2v) is 4.49. The van der Waals surface area contributed by atoms with Crippen molar-refractivity contribution in [2.75, 3.05) is 0 Å². The molecule has 92 valence electrons. The second-order valence-electron chi connectivity index (χ2n) is 4.49. The normalized spacial score (nSPS) is 13.7. The molecular weight excluding hydrogens is 228 g/mol. The van der Waals surface area contributed by atoms with E-state index in [2.05, 4.69) is 4.98 Å². The third kappa shape index (κ3) is 1.90. The maximum atomic E-state index is 11.5. The van der Waals surface area contributed by atoms with Gasteiger partial charge in [0.2, 0.25) is 0 Å². The Bertz CT molecular complexity index is 602. The highest BCUT2D eigenvalue weighted by Gasteiger charge is 2.19. The Morgan fingerprint density at radius 3 is 3.06 bits per heavy atom. The van der Waals surface area contributed by atoms with Gasteiger partial charge in [-0.1, -0.05) is 0 Å². The summed E-state index contributed by atoms with van der Waals surface area (Å²) in [5.74, 6) is 1.92. The van der Waals surface area contributed by atoms with Crippen LogP contribution in [0.1, 0.15) is 28.2 Å². The van der Waals surface area contributed by atoms with Crippen molar-refractivity contribution in [1.29, 1.82) is 0 Å². The van der Waals surface area contributed by atoms with Gasteiger partial charge in [-0.05, 0) is 30.2 Å². The van der Waals surface area contributed by atoms with Gasteiger partial charge >= 0.3 is 0 Å². The summed E-state index contributed by atoms with van der Waals surface area (Å²) < 4.78 is 7.62. The van der Waals surface area contributed by atoms with Crippen LogP contribution < -0.4 is 4.74 Å². The van der Waals surface area contributed by atoms with Gasteiger partial charge in [0.05, 0.1) is 0 Å². The zero-order valence-corrected chi connectivity index (χ0v) is 10.2. The molecule has 0 unspecified atom stereocenters. The third-order valence-corrected chi connectivity index (χ3v) is 3.29. The Kier molecular flexibility index (Phi) is 2.63. The lowest BCUT2D eigenvalue weighted by atomic mass is 10.1. The van der Waals surface area contributed by atoms with E-state index >= 15 is 0 Å². The Morgan fingerprint density at radius 1 is 1.39 bits per heavy atom. The molecule has 0 N–H and O–H groups in total. The number of benzene rings is 1. The zero-order valence-electron chi connectivity index (χ0n) is 10.2. The Balaban J connectivity index is 1.75. The summed E-state index contributed by atoms with van der Waals surface area (Å²) in [6.07, 6.45) is 5.09. The van der Waals surface area contributed by atoms with Crippen LogP contribution in [0.3, 0.4) is 0 Å². The minimum atomic E-state index is 0.237. The summed E-state index contributed by atoms with van der Waals surface area (Å²) in [7, 11) is 1.94. The molecule has 0 atom stereocenters. The molecule has 0 radical (unpaired) electrons. The lowest BCUT2D eigenvalue weighted by Crippen LogP contribution is -2.03. The molecule has 1 heterocycles. The SMILES string of the molecule is Cn1ccnc1COc1ccc2c(c1)CCC2=O. The van der Waals surface area contributed by atoms with E-state index in [4.69, 9.17) is 4.74 Å². The molecule has 1 aliphatic rings. The van der Waals surface area contributed by atoms with Gasteiger partial charge < -0.3 is 9.30 Å². The first-order valence-corrected chi connectivity index (χ1v) is 5.99. The molecule has 0 aliphatic heterocycles. The number of imidazole rings is 1. The van der Waals surface area contributed by atoms with E-state index in [1.807, 2.05) is 36.0 Å². The van der Waals surface area contributed by atoms with Gasteiger partial charge in [-0.15, -0.1) is 0 Å². The smallest absolute Gasteiger partial charge is 0.163 e. The summed E-state index contributed by atoms with van der Waals surface area (Å²) in [6, 6.07) is 5.67. The van der Waals surface area contributed by atoms with Crippen LogP contribution in [-0.2, 0) is 20.1 Å². The molecule has 18 heavy (non-hydrogen) atoms. The van der Waals surface area contributed by atoms with E-state index in [0.717, 1.165) is 29.1 Å². The molecule has 0 fully saturated rings.